The van der Waals surface area contributed by atoms with Crippen LogP contribution in [0.4, 0.5) is 10.1 Å². The quantitative estimate of drug-likeness (QED) is 0.733. The monoisotopic (exact) mass is 341 g/mol. The number of methoxy groups -OCH3 is 1. The predicted molar refractivity (Wildman–Crippen MR) is 85.4 cm³/mol. The van der Waals surface area contributed by atoms with E-state index in [9.17, 15) is 14.0 Å². The molecule has 1 aromatic heterocycles. The number of rotatable bonds is 4. The first-order chi connectivity index (χ1) is 12.1. The molecule has 7 nitrogen and oxygen atoms in total. The molecule has 0 saturated heterocycles. The Bertz CT molecular complexity index is 922. The van der Waals surface area contributed by atoms with Gasteiger partial charge >= 0.3 is 17.8 Å². The lowest BCUT2D eigenvalue weighted by atomic mass is 10.2. The first-order valence-corrected chi connectivity index (χ1v) is 7.16. The normalized spacial score (nSPS) is 10.3. The molecule has 3 aromatic rings. The Morgan fingerprint density at radius 2 is 1.80 bits per heavy atom. The number of hydrogen-bond acceptors (Lipinski definition) is 6. The van der Waals surface area contributed by atoms with E-state index < -0.39 is 17.7 Å². The molecule has 0 aliphatic heterocycles. The summed E-state index contributed by atoms with van der Waals surface area (Å²) in [7, 11) is 1.28. The van der Waals surface area contributed by atoms with E-state index in [0.29, 0.717) is 11.3 Å². The van der Waals surface area contributed by atoms with Crippen LogP contribution < -0.4 is 5.32 Å². The van der Waals surface area contributed by atoms with Gasteiger partial charge in [-0.2, -0.15) is 0 Å². The van der Waals surface area contributed by atoms with Crippen molar-refractivity contribution in [2.75, 3.05) is 12.4 Å². The van der Waals surface area contributed by atoms with Crippen molar-refractivity contribution in [3.8, 4) is 11.5 Å². The molecule has 0 unspecified atom stereocenters. The number of carbonyl (C=O) groups is 2. The summed E-state index contributed by atoms with van der Waals surface area (Å²) in [6.07, 6.45) is 0. The Morgan fingerprint density at radius 1 is 1.08 bits per heavy atom. The minimum absolute atomic E-state index is 0.0933. The molecule has 2 aromatic carbocycles. The maximum atomic E-state index is 13.7. The number of nitrogens with one attached hydrogen (secondary N) is 1. The van der Waals surface area contributed by atoms with E-state index in [4.69, 9.17) is 4.42 Å². The Kier molecular flexibility index (Phi) is 4.51. The highest BCUT2D eigenvalue weighted by Crippen LogP contribution is 2.21. The average Bonchev–Trinajstić information content (AvgIpc) is 3.12. The van der Waals surface area contributed by atoms with Crippen LogP contribution in [0.1, 0.15) is 21.0 Å². The molecule has 0 aliphatic rings. The van der Waals surface area contributed by atoms with Gasteiger partial charge in [-0.1, -0.05) is 12.1 Å². The molecule has 0 aliphatic carbocycles. The second-order valence-corrected chi connectivity index (χ2v) is 4.92. The smallest absolute Gasteiger partial charge is 0.337 e. The fourth-order valence-electron chi connectivity index (χ4n) is 2.05. The van der Waals surface area contributed by atoms with E-state index in [1.54, 1.807) is 6.07 Å². The SMILES string of the molecule is COC(=O)c1ccc(NC(=O)c2nnc(-c3ccccc3F)o2)cc1. The molecule has 126 valence electrons. The van der Waals surface area contributed by atoms with Crippen LogP contribution in [-0.4, -0.2) is 29.2 Å². The summed E-state index contributed by atoms with van der Waals surface area (Å²) in [5.74, 6) is -2.07. The second kappa shape index (κ2) is 6.91. The first-order valence-electron chi connectivity index (χ1n) is 7.16. The van der Waals surface area contributed by atoms with Gasteiger partial charge in [0, 0.05) is 5.69 Å². The third-order valence-corrected chi connectivity index (χ3v) is 3.29. The van der Waals surface area contributed by atoms with Crippen molar-refractivity contribution in [2.24, 2.45) is 0 Å². The minimum Gasteiger partial charge on any atom is -0.465 e. The van der Waals surface area contributed by atoms with Crippen molar-refractivity contribution in [3.05, 3.63) is 65.8 Å². The predicted octanol–water partition coefficient (Wildman–Crippen LogP) is 2.91. The van der Waals surface area contributed by atoms with Gasteiger partial charge in [0.05, 0.1) is 18.2 Å². The van der Waals surface area contributed by atoms with Gasteiger partial charge in [0.2, 0.25) is 0 Å². The van der Waals surface area contributed by atoms with E-state index >= 15 is 0 Å². The van der Waals surface area contributed by atoms with Crippen LogP contribution in [0.15, 0.2) is 52.9 Å². The largest absolute Gasteiger partial charge is 0.465 e. The summed E-state index contributed by atoms with van der Waals surface area (Å²) in [5, 5.41) is 9.84. The second-order valence-electron chi connectivity index (χ2n) is 4.92. The highest BCUT2D eigenvalue weighted by molar-refractivity contribution is 6.01. The van der Waals surface area contributed by atoms with Gasteiger partial charge in [0.1, 0.15) is 5.82 Å². The van der Waals surface area contributed by atoms with Crippen molar-refractivity contribution < 1.29 is 23.1 Å². The lowest BCUT2D eigenvalue weighted by molar-refractivity contribution is 0.0600. The Morgan fingerprint density at radius 3 is 2.48 bits per heavy atom. The number of hydrogen-bond donors (Lipinski definition) is 1. The van der Waals surface area contributed by atoms with Crippen molar-refractivity contribution >= 4 is 17.6 Å². The van der Waals surface area contributed by atoms with E-state index in [0.717, 1.165) is 0 Å². The summed E-state index contributed by atoms with van der Waals surface area (Å²) in [5.41, 5.74) is 0.875. The third kappa shape index (κ3) is 3.52. The molecular weight excluding hydrogens is 329 g/mol. The van der Waals surface area contributed by atoms with E-state index in [1.807, 2.05) is 0 Å². The molecule has 0 fully saturated rings. The van der Waals surface area contributed by atoms with E-state index in [2.05, 4.69) is 20.3 Å². The molecular formula is C17H12FN3O4. The zero-order valence-corrected chi connectivity index (χ0v) is 13.0. The Balaban J connectivity index is 1.74. The lowest BCUT2D eigenvalue weighted by Crippen LogP contribution is -2.12. The molecule has 3 rings (SSSR count). The standard InChI is InChI=1S/C17H12FN3O4/c1-24-17(23)10-6-8-11(9-7-10)19-14(22)16-21-20-15(25-16)12-4-2-3-5-13(12)18/h2-9H,1H3,(H,19,22). The summed E-state index contributed by atoms with van der Waals surface area (Å²) in [6, 6.07) is 11.9. The van der Waals surface area contributed by atoms with Crippen molar-refractivity contribution in [2.45, 2.75) is 0 Å². The van der Waals surface area contributed by atoms with Crippen molar-refractivity contribution in [1.29, 1.82) is 0 Å². The van der Waals surface area contributed by atoms with Crippen LogP contribution in [0.3, 0.4) is 0 Å². The van der Waals surface area contributed by atoms with Gasteiger partial charge in [-0.3, -0.25) is 4.79 Å². The van der Waals surface area contributed by atoms with Gasteiger partial charge in [-0.15, -0.1) is 10.2 Å². The number of carbonyl (C=O) groups excluding carboxylic acids is 2. The lowest BCUT2D eigenvalue weighted by Gasteiger charge is -2.03. The van der Waals surface area contributed by atoms with Crippen LogP contribution in [-0.2, 0) is 4.74 Å². The summed E-state index contributed by atoms with van der Waals surface area (Å²) >= 11 is 0. The van der Waals surface area contributed by atoms with Crippen LogP contribution in [0.25, 0.3) is 11.5 Å². The number of halogens is 1. The molecule has 0 radical (unpaired) electrons. The summed E-state index contributed by atoms with van der Waals surface area (Å²) < 4.78 is 23.5. The zero-order valence-electron chi connectivity index (χ0n) is 13.0. The first kappa shape index (κ1) is 16.3. The number of benzene rings is 2. The molecule has 1 heterocycles. The molecule has 0 saturated carbocycles. The molecule has 8 heteroatoms. The topological polar surface area (TPSA) is 94.3 Å². The van der Waals surface area contributed by atoms with Gasteiger partial charge in [0.15, 0.2) is 0 Å². The molecule has 0 bridgehead atoms. The summed E-state index contributed by atoms with van der Waals surface area (Å²) in [6.45, 7) is 0. The third-order valence-electron chi connectivity index (χ3n) is 3.29. The van der Waals surface area contributed by atoms with Crippen LogP contribution >= 0.6 is 0 Å². The number of esters is 1. The molecule has 0 atom stereocenters. The maximum Gasteiger partial charge on any atom is 0.337 e. The number of nitrogens with zero attached hydrogens (tertiary/aromatic N) is 2. The zero-order chi connectivity index (χ0) is 17.8. The average molecular weight is 341 g/mol. The number of ether oxygens (including phenoxy) is 1. The maximum absolute atomic E-state index is 13.7. The van der Waals surface area contributed by atoms with Gasteiger partial charge < -0.3 is 14.5 Å². The number of amides is 1. The molecule has 1 amide bonds. The van der Waals surface area contributed by atoms with Gasteiger partial charge in [0.25, 0.3) is 5.89 Å². The Labute approximate surface area is 141 Å². The number of aromatic nitrogens is 2. The highest BCUT2D eigenvalue weighted by atomic mass is 19.1. The van der Waals surface area contributed by atoms with Crippen LogP contribution in [0, 0.1) is 5.82 Å². The van der Waals surface area contributed by atoms with E-state index in [1.165, 1.54) is 49.6 Å². The minimum atomic E-state index is -0.652. The number of anilines is 1. The highest BCUT2D eigenvalue weighted by Gasteiger charge is 2.18. The van der Waals surface area contributed by atoms with Crippen LogP contribution in [0.5, 0.6) is 0 Å². The fourth-order valence-corrected chi connectivity index (χ4v) is 2.05. The molecule has 1 N–H and O–H groups in total. The van der Waals surface area contributed by atoms with Gasteiger partial charge in [-0.05, 0) is 36.4 Å². The Hall–Kier alpha value is -3.55. The molecule has 25 heavy (non-hydrogen) atoms. The van der Waals surface area contributed by atoms with Crippen molar-refractivity contribution in [1.82, 2.24) is 10.2 Å². The fraction of sp³-hybridized carbons (Fsp3) is 0.0588. The van der Waals surface area contributed by atoms with E-state index in [-0.39, 0.29) is 17.3 Å². The summed E-state index contributed by atoms with van der Waals surface area (Å²) in [4.78, 5) is 23.5. The van der Waals surface area contributed by atoms with Crippen LogP contribution in [0.2, 0.25) is 0 Å². The van der Waals surface area contributed by atoms with Crippen molar-refractivity contribution in [3.63, 3.8) is 0 Å². The van der Waals surface area contributed by atoms with Gasteiger partial charge in [-0.25, -0.2) is 9.18 Å². The molecule has 0 spiro atoms.